The fraction of sp³-hybridized carbons (Fsp3) is 0.720. The largest absolute Gasteiger partial charge is 0.478 e. The van der Waals surface area contributed by atoms with Gasteiger partial charge in [-0.2, -0.15) is 0 Å². The molecule has 0 unspecified atom stereocenters. The van der Waals surface area contributed by atoms with Crippen LogP contribution < -0.4 is 0 Å². The Labute approximate surface area is 193 Å². The summed E-state index contributed by atoms with van der Waals surface area (Å²) in [5.41, 5.74) is -0.183. The van der Waals surface area contributed by atoms with Gasteiger partial charge in [0.25, 0.3) is 0 Å². The van der Waals surface area contributed by atoms with Crippen LogP contribution in [-0.2, 0) is 30.4 Å². The van der Waals surface area contributed by atoms with Crippen LogP contribution in [0.5, 0.6) is 0 Å². The summed E-state index contributed by atoms with van der Waals surface area (Å²) in [5, 5.41) is 8.99. The molecule has 33 heavy (non-hydrogen) atoms. The third-order valence-electron chi connectivity index (χ3n) is 8.27. The van der Waals surface area contributed by atoms with Gasteiger partial charge in [0.1, 0.15) is 5.82 Å². The van der Waals surface area contributed by atoms with Crippen LogP contribution in [0.3, 0.4) is 0 Å². The summed E-state index contributed by atoms with van der Waals surface area (Å²) in [7, 11) is 0. The van der Waals surface area contributed by atoms with Gasteiger partial charge in [-0.3, -0.25) is 0 Å². The van der Waals surface area contributed by atoms with Crippen molar-refractivity contribution in [3.05, 3.63) is 35.1 Å². The summed E-state index contributed by atoms with van der Waals surface area (Å²) in [6.07, 6.45) is 3.95. The van der Waals surface area contributed by atoms with E-state index in [2.05, 4.69) is 13.8 Å². The molecule has 7 nitrogen and oxygen atoms in total. The number of hydrogen-bond donors (Lipinski definition) is 1. The van der Waals surface area contributed by atoms with E-state index < -0.39 is 35.8 Å². The molecule has 1 spiro atoms. The minimum atomic E-state index is -1.14. The Kier molecular flexibility index (Phi) is 6.02. The minimum absolute atomic E-state index is 0.0523. The monoisotopic (exact) mass is 464 g/mol. The van der Waals surface area contributed by atoms with Crippen LogP contribution in [0.2, 0.25) is 0 Å². The fourth-order valence-corrected chi connectivity index (χ4v) is 6.41. The van der Waals surface area contributed by atoms with E-state index in [1.54, 1.807) is 0 Å². The van der Waals surface area contributed by atoms with Crippen LogP contribution in [-0.4, -0.2) is 41.7 Å². The number of carbonyl (C=O) groups is 1. The number of benzene rings is 1. The molecule has 1 aliphatic carbocycles. The quantitative estimate of drug-likeness (QED) is 0.483. The van der Waals surface area contributed by atoms with Gasteiger partial charge in [-0.05, 0) is 68.6 Å². The number of aryl methyl sites for hydroxylation is 1. The summed E-state index contributed by atoms with van der Waals surface area (Å²) < 4.78 is 33.1. The highest BCUT2D eigenvalue weighted by molar-refractivity contribution is 5.87. The second-order valence-electron chi connectivity index (χ2n) is 10.4. The maximum absolute atomic E-state index is 14.2. The van der Waals surface area contributed by atoms with Crippen LogP contribution in [0.1, 0.15) is 68.8 Å². The normalized spacial score (nSPS) is 41.9. The molecule has 5 fully saturated rings. The molecule has 6 rings (SSSR count). The van der Waals surface area contributed by atoms with Crippen LogP contribution in [0.25, 0.3) is 0 Å². The molecular weight excluding hydrogens is 431 g/mol. The first-order valence-electron chi connectivity index (χ1n) is 12.1. The molecule has 4 heterocycles. The molecule has 4 saturated heterocycles. The molecule has 0 aromatic heterocycles. The molecular formula is C25H33FO7. The van der Waals surface area contributed by atoms with Crippen molar-refractivity contribution in [1.29, 1.82) is 0 Å². The second-order valence-corrected chi connectivity index (χ2v) is 10.4. The zero-order chi connectivity index (χ0) is 23.4. The van der Waals surface area contributed by atoms with Crippen LogP contribution >= 0.6 is 0 Å². The van der Waals surface area contributed by atoms with Gasteiger partial charge in [0.05, 0.1) is 12.2 Å². The zero-order valence-corrected chi connectivity index (χ0v) is 19.4. The Bertz CT molecular complexity index is 909. The smallest absolute Gasteiger partial charge is 0.335 e. The highest BCUT2D eigenvalue weighted by Gasteiger charge is 2.69. The average molecular weight is 465 g/mol. The summed E-state index contributed by atoms with van der Waals surface area (Å²) in [6, 6.07) is 4.01. The Balaban J connectivity index is 1.25. The average Bonchev–Trinajstić information content (AvgIpc) is 3.01. The van der Waals surface area contributed by atoms with E-state index in [1.165, 1.54) is 12.1 Å². The summed E-state index contributed by atoms with van der Waals surface area (Å²) in [5.74, 6) is -1.35. The van der Waals surface area contributed by atoms with Crippen molar-refractivity contribution >= 4 is 5.97 Å². The number of carboxylic acids is 1. The van der Waals surface area contributed by atoms with Crippen molar-refractivity contribution in [2.75, 3.05) is 6.61 Å². The Hall–Kier alpha value is -1.58. The van der Waals surface area contributed by atoms with Crippen LogP contribution in [0.4, 0.5) is 4.39 Å². The maximum atomic E-state index is 14.2. The topological polar surface area (TPSA) is 83.5 Å². The molecule has 8 atom stereocenters. The molecule has 182 valence electrons. The third-order valence-corrected chi connectivity index (χ3v) is 8.27. The lowest BCUT2D eigenvalue weighted by Crippen LogP contribution is -2.70. The number of hydrogen-bond acceptors (Lipinski definition) is 6. The number of rotatable bonds is 6. The second kappa shape index (κ2) is 8.57. The molecule has 0 amide bonds. The maximum Gasteiger partial charge on any atom is 0.335 e. The first-order chi connectivity index (χ1) is 15.7. The van der Waals surface area contributed by atoms with Crippen molar-refractivity contribution in [2.24, 2.45) is 23.7 Å². The Morgan fingerprint density at radius 2 is 2.03 bits per heavy atom. The van der Waals surface area contributed by atoms with Crippen molar-refractivity contribution in [1.82, 2.24) is 0 Å². The summed E-state index contributed by atoms with van der Waals surface area (Å²) in [4.78, 5) is 23.0. The number of ether oxygens (including phenoxy) is 3. The minimum Gasteiger partial charge on any atom is -0.478 e. The molecule has 8 heteroatoms. The van der Waals surface area contributed by atoms with Gasteiger partial charge in [-0.15, -0.1) is 0 Å². The number of halogens is 1. The first-order valence-corrected chi connectivity index (χ1v) is 12.1. The lowest BCUT2D eigenvalue weighted by atomic mass is 9.58. The van der Waals surface area contributed by atoms with Crippen molar-refractivity contribution in [3.8, 4) is 0 Å². The highest BCUT2D eigenvalue weighted by atomic mass is 19.1. The molecule has 1 saturated carbocycles. The lowest BCUT2D eigenvalue weighted by molar-refractivity contribution is -0.577. The van der Waals surface area contributed by atoms with Crippen molar-refractivity contribution in [3.63, 3.8) is 0 Å². The zero-order valence-electron chi connectivity index (χ0n) is 19.4. The molecule has 4 aliphatic heterocycles. The number of aromatic carboxylic acids is 1. The van der Waals surface area contributed by atoms with Crippen LogP contribution in [0, 0.1) is 29.5 Å². The molecule has 5 aliphatic rings. The van der Waals surface area contributed by atoms with Gasteiger partial charge in [0.2, 0.25) is 5.79 Å². The number of fused-ring (bicyclic) bond motifs is 2. The standard InChI is InChI=1S/C25H33FO7/c1-14-6-9-19-15(2)22(29-12-4-5-16-7-8-17(21(27)28)13-20(16)26)30-23-25(19)18(14)10-11-24(3,31-23)32-33-25/h7-8,13-15,18-19,22-23H,4-6,9-12H2,1-3H3,(H,27,28)/t14-,15-,18+,19+,22-,23-,24-,25-/m1/s1. The van der Waals surface area contributed by atoms with E-state index in [9.17, 15) is 9.18 Å². The summed E-state index contributed by atoms with van der Waals surface area (Å²) >= 11 is 0. The SMILES string of the molecule is C[C@H]1[C@H](OCCCc2ccc(C(=O)O)cc2F)O[C@@H]2O[C@@]3(C)CC[C@H]4[C@H](C)CC[C@@H]1[C@@]24OO3. The van der Waals surface area contributed by atoms with Gasteiger partial charge in [0, 0.05) is 18.3 Å². The van der Waals surface area contributed by atoms with E-state index in [0.29, 0.717) is 36.8 Å². The van der Waals surface area contributed by atoms with Crippen molar-refractivity contribution in [2.45, 2.75) is 83.3 Å². The predicted molar refractivity (Wildman–Crippen MR) is 114 cm³/mol. The van der Waals surface area contributed by atoms with E-state index in [1.807, 2.05) is 6.92 Å². The lowest BCUT2D eigenvalue weighted by Gasteiger charge is -2.60. The van der Waals surface area contributed by atoms with E-state index >= 15 is 0 Å². The van der Waals surface area contributed by atoms with E-state index in [4.69, 9.17) is 29.1 Å². The van der Waals surface area contributed by atoms with E-state index in [-0.39, 0.29) is 17.4 Å². The van der Waals surface area contributed by atoms with Gasteiger partial charge >= 0.3 is 5.97 Å². The molecule has 0 radical (unpaired) electrons. The molecule has 2 bridgehead atoms. The predicted octanol–water partition coefficient (Wildman–Crippen LogP) is 4.68. The van der Waals surface area contributed by atoms with Crippen molar-refractivity contribution < 1.29 is 38.3 Å². The fourth-order valence-electron chi connectivity index (χ4n) is 6.41. The highest BCUT2D eigenvalue weighted by Crippen LogP contribution is 2.60. The molecule has 1 N–H and O–H groups in total. The Morgan fingerprint density at radius 1 is 1.21 bits per heavy atom. The van der Waals surface area contributed by atoms with Gasteiger partial charge in [-0.1, -0.05) is 19.9 Å². The van der Waals surface area contributed by atoms with Crippen LogP contribution in [0.15, 0.2) is 18.2 Å². The third kappa shape index (κ3) is 3.90. The van der Waals surface area contributed by atoms with Gasteiger partial charge in [0.15, 0.2) is 18.2 Å². The summed E-state index contributed by atoms with van der Waals surface area (Å²) in [6.45, 7) is 6.72. The number of carboxylic acid groups (broad SMARTS) is 1. The van der Waals surface area contributed by atoms with Gasteiger partial charge in [-0.25, -0.2) is 19.0 Å². The molecule has 1 aromatic rings. The van der Waals surface area contributed by atoms with Gasteiger partial charge < -0.3 is 19.3 Å². The Morgan fingerprint density at radius 3 is 2.79 bits per heavy atom. The van der Waals surface area contributed by atoms with E-state index in [0.717, 1.165) is 31.7 Å². The molecule has 1 aromatic carbocycles. The first kappa shape index (κ1) is 23.2.